The molecule has 1 saturated heterocycles. The van der Waals surface area contributed by atoms with E-state index in [0.717, 1.165) is 55.6 Å². The Morgan fingerprint density at radius 2 is 1.04 bits per heavy atom. The average Bonchev–Trinajstić information content (AvgIpc) is 3.26. The summed E-state index contributed by atoms with van der Waals surface area (Å²) in [6.07, 6.45) is 2.72. The fourth-order valence-corrected chi connectivity index (χ4v) is 15.2. The Morgan fingerprint density at radius 3 is 1.43 bits per heavy atom. The summed E-state index contributed by atoms with van der Waals surface area (Å²) in [5.74, 6) is -0.988. The monoisotopic (exact) mass is 851 g/mol. The van der Waals surface area contributed by atoms with Crippen molar-refractivity contribution in [3.63, 3.8) is 0 Å². The van der Waals surface area contributed by atoms with E-state index in [0.29, 0.717) is 12.0 Å². The van der Waals surface area contributed by atoms with Crippen LogP contribution in [0.3, 0.4) is 0 Å². The molecule has 1 aliphatic rings. The summed E-state index contributed by atoms with van der Waals surface area (Å²) >= 11 is -1.98. The van der Waals surface area contributed by atoms with Gasteiger partial charge in [0.05, 0.1) is 12.1 Å². The molecule has 1 heterocycles. The normalized spacial score (nSPS) is 14.3. The number of carboxylic acid groups (broad SMARTS) is 1. The molecule has 1 unspecified atom stereocenters. The van der Waals surface area contributed by atoms with E-state index in [1.54, 1.807) is 26.0 Å². The molecule has 1 fully saturated rings. The van der Waals surface area contributed by atoms with Gasteiger partial charge in [0.25, 0.3) is 0 Å². The number of hydrogen-bond acceptors (Lipinski definition) is 5. The second-order valence-corrected chi connectivity index (χ2v) is 22.4. The van der Waals surface area contributed by atoms with Gasteiger partial charge in [-0.1, -0.05) is 98.8 Å². The zero-order valence-corrected chi connectivity index (χ0v) is 35.4. The van der Waals surface area contributed by atoms with Crippen LogP contribution in [0, 0.1) is 5.92 Å². The SMILES string of the molecule is CC(C)(C(=O)[O-])c1ccc(C(O)CCCN2CCC(C(O)(c3ccccc3)c3ccccc3)CC2)cc1.c1cc[c]([Sn+]([c]2ccccc2)[c]2ccccc2)cc1. The number of piperidine rings is 1. The van der Waals surface area contributed by atoms with E-state index in [9.17, 15) is 20.1 Å². The van der Waals surface area contributed by atoms with E-state index in [-0.39, 0.29) is 5.92 Å². The molecule has 286 valence electrons. The molecule has 0 aliphatic carbocycles. The Labute approximate surface area is 340 Å². The molecule has 0 bridgehead atoms. The fourth-order valence-electron chi connectivity index (χ4n) is 7.83. The van der Waals surface area contributed by atoms with E-state index in [2.05, 4.69) is 95.9 Å². The maximum absolute atomic E-state index is 12.1. The summed E-state index contributed by atoms with van der Waals surface area (Å²) in [7, 11) is 0. The Balaban J connectivity index is 0.000000233. The number of carboxylic acids is 1. The van der Waals surface area contributed by atoms with Crippen LogP contribution in [0.1, 0.15) is 67.9 Å². The zero-order chi connectivity index (χ0) is 39.4. The van der Waals surface area contributed by atoms with E-state index in [1.165, 1.54) is 10.7 Å². The fraction of sp³-hybridized carbons (Fsp3) is 0.260. The Hall–Kier alpha value is -4.53. The van der Waals surface area contributed by atoms with Crippen molar-refractivity contribution in [2.75, 3.05) is 19.6 Å². The van der Waals surface area contributed by atoms with Gasteiger partial charge in [-0.3, -0.25) is 0 Å². The van der Waals surface area contributed by atoms with Crippen molar-refractivity contribution in [1.29, 1.82) is 0 Å². The van der Waals surface area contributed by atoms with Crippen LogP contribution in [-0.4, -0.2) is 60.5 Å². The van der Waals surface area contributed by atoms with Crippen LogP contribution >= 0.6 is 0 Å². The summed E-state index contributed by atoms with van der Waals surface area (Å²) in [6.45, 7) is 5.97. The number of benzene rings is 6. The first-order valence-corrected chi connectivity index (χ1v) is 24.0. The standard InChI is InChI=1S/C32H39NO4.3C6H5.Sn/c1-31(2,30(35)36)25-17-15-24(16-18-25)29(34)14-9-21-33-22-19-28(20-23-33)32(37,26-10-5-3-6-11-26)27-12-7-4-8-13-27;3*1-2-4-6-5-3-1;/h3-8,10-13,15-18,28-29,34,37H,9,14,19-23H2,1-2H3,(H,35,36);3*1-5H;/q;;;;+1/p-1. The van der Waals surface area contributed by atoms with Gasteiger partial charge >= 0.3 is 121 Å². The number of rotatable bonds is 13. The van der Waals surface area contributed by atoms with Gasteiger partial charge in [-0.25, -0.2) is 0 Å². The minimum atomic E-state index is -1.98. The molecule has 5 nitrogen and oxygen atoms in total. The summed E-state index contributed by atoms with van der Waals surface area (Å²) in [5.41, 5.74) is 1.27. The Kier molecular flexibility index (Phi) is 14.4. The molecule has 0 amide bonds. The van der Waals surface area contributed by atoms with Crippen LogP contribution in [0.15, 0.2) is 176 Å². The van der Waals surface area contributed by atoms with Crippen LogP contribution < -0.4 is 15.8 Å². The van der Waals surface area contributed by atoms with Gasteiger partial charge in [-0.05, 0) is 73.5 Å². The van der Waals surface area contributed by atoms with Gasteiger partial charge in [0.1, 0.15) is 5.60 Å². The van der Waals surface area contributed by atoms with Gasteiger partial charge in [0.15, 0.2) is 0 Å². The number of nitrogens with zero attached hydrogens (tertiary/aromatic N) is 1. The third-order valence-corrected chi connectivity index (χ3v) is 19.1. The molecule has 1 atom stereocenters. The number of aliphatic hydroxyl groups is 2. The number of aliphatic hydroxyl groups excluding tert-OH is 1. The summed E-state index contributed by atoms with van der Waals surface area (Å²) < 4.78 is 4.59. The molecule has 0 aromatic heterocycles. The number of likely N-dealkylation sites (tertiary alicyclic amines) is 1. The summed E-state index contributed by atoms with van der Waals surface area (Å²) in [5, 5.41) is 34.1. The van der Waals surface area contributed by atoms with Gasteiger partial charge in [0.2, 0.25) is 0 Å². The van der Waals surface area contributed by atoms with E-state index in [1.807, 2.05) is 72.8 Å². The molecule has 6 heteroatoms. The number of carbonyl (C=O) groups is 1. The number of carbonyl (C=O) groups excluding carboxylic acids is 1. The summed E-state index contributed by atoms with van der Waals surface area (Å²) in [4.78, 5) is 13.8. The van der Waals surface area contributed by atoms with Crippen molar-refractivity contribution in [3.8, 4) is 0 Å². The van der Waals surface area contributed by atoms with Crippen LogP contribution in [-0.2, 0) is 15.8 Å². The van der Waals surface area contributed by atoms with Gasteiger partial charge in [-0.2, -0.15) is 0 Å². The number of hydrogen-bond donors (Lipinski definition) is 2. The van der Waals surface area contributed by atoms with Crippen molar-refractivity contribution in [2.45, 2.75) is 56.7 Å². The minimum absolute atomic E-state index is 0.128. The topological polar surface area (TPSA) is 83.8 Å². The van der Waals surface area contributed by atoms with Crippen LogP contribution in [0.25, 0.3) is 0 Å². The predicted molar refractivity (Wildman–Crippen MR) is 228 cm³/mol. The molecule has 0 saturated carbocycles. The molecular formula is C50H53NO4Sn. The van der Waals surface area contributed by atoms with E-state index in [4.69, 9.17) is 0 Å². The van der Waals surface area contributed by atoms with Crippen LogP contribution in [0.4, 0.5) is 0 Å². The second kappa shape index (κ2) is 19.6. The van der Waals surface area contributed by atoms with Gasteiger partial charge in [0, 0.05) is 5.41 Å². The van der Waals surface area contributed by atoms with E-state index >= 15 is 0 Å². The van der Waals surface area contributed by atoms with Crippen molar-refractivity contribution < 1.29 is 20.1 Å². The molecule has 6 aromatic rings. The van der Waals surface area contributed by atoms with Crippen molar-refractivity contribution in [2.24, 2.45) is 5.92 Å². The van der Waals surface area contributed by atoms with Crippen molar-refractivity contribution in [1.82, 2.24) is 4.90 Å². The molecule has 1 aliphatic heterocycles. The van der Waals surface area contributed by atoms with Crippen LogP contribution in [0.2, 0.25) is 0 Å². The van der Waals surface area contributed by atoms with Gasteiger partial charge in [-0.15, -0.1) is 0 Å². The predicted octanol–water partition coefficient (Wildman–Crippen LogP) is 6.38. The second-order valence-electron chi connectivity index (χ2n) is 15.3. The van der Waals surface area contributed by atoms with Crippen LogP contribution in [0.5, 0.6) is 0 Å². The third-order valence-electron chi connectivity index (χ3n) is 11.3. The third kappa shape index (κ3) is 10.1. The molecule has 0 radical (unpaired) electrons. The first kappa shape index (κ1) is 41.1. The summed E-state index contributed by atoms with van der Waals surface area (Å²) in [6, 6.07) is 60.1. The van der Waals surface area contributed by atoms with E-state index < -0.39 is 42.8 Å². The first-order valence-electron chi connectivity index (χ1n) is 19.8. The molecule has 7 rings (SSSR count). The van der Waals surface area contributed by atoms with Crippen molar-refractivity contribution in [3.05, 3.63) is 198 Å². The quantitative estimate of drug-likeness (QED) is 0.132. The number of aliphatic carboxylic acids is 1. The average molecular weight is 851 g/mol. The Morgan fingerprint density at radius 1 is 0.643 bits per heavy atom. The molecule has 56 heavy (non-hydrogen) atoms. The van der Waals surface area contributed by atoms with Crippen molar-refractivity contribution >= 4 is 36.5 Å². The molecule has 2 N–H and O–H groups in total. The Bertz CT molecular complexity index is 1920. The molecule has 6 aromatic carbocycles. The first-order chi connectivity index (χ1) is 27.2. The maximum atomic E-state index is 12.1. The molecular weight excluding hydrogens is 797 g/mol. The molecule has 0 spiro atoms. The zero-order valence-electron chi connectivity index (χ0n) is 32.5. The van der Waals surface area contributed by atoms with Gasteiger partial charge < -0.3 is 25.0 Å².